The highest BCUT2D eigenvalue weighted by Crippen LogP contribution is 2.13. The van der Waals surface area contributed by atoms with Gasteiger partial charge in [-0.2, -0.15) is 11.8 Å². The Morgan fingerprint density at radius 1 is 1.48 bits per heavy atom. The van der Waals surface area contributed by atoms with Gasteiger partial charge in [0.2, 0.25) is 0 Å². The molecule has 0 bridgehead atoms. The molecule has 0 radical (unpaired) electrons. The van der Waals surface area contributed by atoms with E-state index in [2.05, 4.69) is 10.3 Å². The van der Waals surface area contributed by atoms with Gasteiger partial charge in [0.15, 0.2) is 11.5 Å². The Bertz CT molecular complexity index is 636. The number of nitrogens with zero attached hydrogens (tertiary/aromatic N) is 1. The van der Waals surface area contributed by atoms with E-state index in [0.717, 1.165) is 11.5 Å². The van der Waals surface area contributed by atoms with Crippen molar-refractivity contribution in [2.45, 2.75) is 12.2 Å². The number of hydrogen-bond acceptors (Lipinski definition) is 6. The molecule has 0 spiro atoms. The van der Waals surface area contributed by atoms with Crippen LogP contribution in [0.1, 0.15) is 31.8 Å². The molecule has 2 aromatic rings. The summed E-state index contributed by atoms with van der Waals surface area (Å²) < 4.78 is 5.40. The maximum absolute atomic E-state index is 11.8. The third kappa shape index (κ3) is 4.33. The summed E-state index contributed by atoms with van der Waals surface area (Å²) in [5.74, 6) is 0.448. The number of nitrogens with one attached hydrogen (secondary N) is 1. The average molecular weight is 326 g/mol. The molecule has 0 aliphatic heterocycles. The van der Waals surface area contributed by atoms with Gasteiger partial charge in [-0.05, 0) is 18.4 Å². The number of carbonyl (C=O) groups is 2. The van der Waals surface area contributed by atoms with Gasteiger partial charge in [-0.25, -0.2) is 9.78 Å². The van der Waals surface area contributed by atoms with Crippen LogP contribution in [0.5, 0.6) is 0 Å². The van der Waals surface area contributed by atoms with Crippen LogP contribution in [0.2, 0.25) is 0 Å². The first kappa shape index (κ1) is 15.6. The molecule has 0 atom stereocenters. The zero-order valence-corrected chi connectivity index (χ0v) is 12.9. The molecule has 21 heavy (non-hydrogen) atoms. The molecule has 2 aromatic heterocycles. The van der Waals surface area contributed by atoms with Crippen LogP contribution < -0.4 is 5.32 Å². The van der Waals surface area contributed by atoms with E-state index >= 15 is 0 Å². The number of hydrogen-bond donors (Lipinski definition) is 2. The summed E-state index contributed by atoms with van der Waals surface area (Å²) in [7, 11) is 0. The maximum Gasteiger partial charge on any atom is 0.355 e. The second kappa shape index (κ2) is 7.28. The lowest BCUT2D eigenvalue weighted by Crippen LogP contribution is -2.25. The summed E-state index contributed by atoms with van der Waals surface area (Å²) in [5.41, 5.74) is 0.0362. The van der Waals surface area contributed by atoms with Crippen molar-refractivity contribution >= 4 is 35.0 Å². The number of thioether (sulfide) groups is 1. The predicted octanol–water partition coefficient (Wildman–Crippen LogP) is 2.27. The zero-order valence-electron chi connectivity index (χ0n) is 11.3. The van der Waals surface area contributed by atoms with E-state index in [1.54, 1.807) is 23.9 Å². The number of carboxylic acids is 1. The Morgan fingerprint density at radius 2 is 2.29 bits per heavy atom. The van der Waals surface area contributed by atoms with E-state index in [1.807, 2.05) is 6.26 Å². The van der Waals surface area contributed by atoms with Gasteiger partial charge >= 0.3 is 5.97 Å². The van der Waals surface area contributed by atoms with Gasteiger partial charge in [0, 0.05) is 18.3 Å². The summed E-state index contributed by atoms with van der Waals surface area (Å²) in [4.78, 5) is 26.5. The second-order valence-electron chi connectivity index (χ2n) is 4.14. The smallest absolute Gasteiger partial charge is 0.355 e. The van der Waals surface area contributed by atoms with Crippen LogP contribution in [0.15, 0.2) is 21.9 Å². The minimum absolute atomic E-state index is 0.0362. The SMILES string of the molecule is CSCc1ccc(C(=O)NCCc2nc(C(=O)O)cs2)o1. The largest absolute Gasteiger partial charge is 0.476 e. The van der Waals surface area contributed by atoms with Gasteiger partial charge in [-0.3, -0.25) is 4.79 Å². The Morgan fingerprint density at radius 3 is 2.95 bits per heavy atom. The van der Waals surface area contributed by atoms with Crippen LogP contribution >= 0.6 is 23.1 Å². The molecular weight excluding hydrogens is 312 g/mol. The molecule has 2 rings (SSSR count). The quantitative estimate of drug-likeness (QED) is 0.811. The predicted molar refractivity (Wildman–Crippen MR) is 81.0 cm³/mol. The summed E-state index contributed by atoms with van der Waals surface area (Å²) >= 11 is 2.89. The summed E-state index contributed by atoms with van der Waals surface area (Å²) in [5, 5.41) is 13.7. The molecule has 1 amide bonds. The summed E-state index contributed by atoms with van der Waals surface area (Å²) in [6, 6.07) is 3.43. The van der Waals surface area contributed by atoms with Gasteiger partial charge in [0.25, 0.3) is 5.91 Å². The first-order chi connectivity index (χ1) is 10.1. The monoisotopic (exact) mass is 326 g/mol. The van der Waals surface area contributed by atoms with Gasteiger partial charge in [-0.15, -0.1) is 11.3 Å². The van der Waals surface area contributed by atoms with Crippen molar-refractivity contribution in [2.24, 2.45) is 0 Å². The highest BCUT2D eigenvalue weighted by Gasteiger charge is 2.12. The average Bonchev–Trinajstić information content (AvgIpc) is 3.08. The molecule has 0 saturated carbocycles. The van der Waals surface area contributed by atoms with E-state index in [9.17, 15) is 9.59 Å². The molecule has 0 saturated heterocycles. The lowest BCUT2D eigenvalue weighted by molar-refractivity contribution is 0.0690. The number of amides is 1. The summed E-state index contributed by atoms with van der Waals surface area (Å²) in [6.07, 6.45) is 2.45. The maximum atomic E-state index is 11.8. The molecule has 2 N–H and O–H groups in total. The first-order valence-corrected chi connectivity index (χ1v) is 8.41. The number of aromatic carboxylic acids is 1. The number of rotatable bonds is 7. The van der Waals surface area contributed by atoms with Crippen molar-refractivity contribution in [1.29, 1.82) is 0 Å². The minimum atomic E-state index is -1.04. The number of aromatic nitrogens is 1. The van der Waals surface area contributed by atoms with Crippen LogP contribution in [0.3, 0.4) is 0 Å². The normalized spacial score (nSPS) is 10.5. The first-order valence-electron chi connectivity index (χ1n) is 6.13. The molecule has 2 heterocycles. The fourth-order valence-electron chi connectivity index (χ4n) is 1.61. The lowest BCUT2D eigenvalue weighted by atomic mass is 10.4. The van der Waals surface area contributed by atoms with Crippen LogP contribution in [0, 0.1) is 0 Å². The third-order valence-electron chi connectivity index (χ3n) is 2.57. The molecule has 0 aliphatic carbocycles. The van der Waals surface area contributed by atoms with Gasteiger partial charge < -0.3 is 14.8 Å². The highest BCUT2D eigenvalue weighted by atomic mass is 32.2. The molecule has 8 heteroatoms. The van der Waals surface area contributed by atoms with Crippen molar-refractivity contribution in [1.82, 2.24) is 10.3 Å². The van der Waals surface area contributed by atoms with Gasteiger partial charge in [-0.1, -0.05) is 0 Å². The Balaban J connectivity index is 1.81. The third-order valence-corrected chi connectivity index (χ3v) is 4.05. The van der Waals surface area contributed by atoms with Gasteiger partial charge in [0.05, 0.1) is 10.8 Å². The van der Waals surface area contributed by atoms with E-state index in [0.29, 0.717) is 18.0 Å². The van der Waals surface area contributed by atoms with E-state index in [-0.39, 0.29) is 17.4 Å². The van der Waals surface area contributed by atoms with Crippen LogP contribution in [0.4, 0.5) is 0 Å². The fourth-order valence-corrected chi connectivity index (χ4v) is 2.83. The number of thiazole rings is 1. The van der Waals surface area contributed by atoms with Crippen molar-refractivity contribution in [3.8, 4) is 0 Å². The number of carboxylic acid groups (broad SMARTS) is 1. The second-order valence-corrected chi connectivity index (χ2v) is 5.95. The van der Waals surface area contributed by atoms with E-state index in [4.69, 9.17) is 9.52 Å². The van der Waals surface area contributed by atoms with Crippen LogP contribution in [-0.4, -0.2) is 34.8 Å². The number of carbonyl (C=O) groups excluding carboxylic acids is 1. The standard InChI is InChI=1S/C13H14N2O4S2/c1-20-6-8-2-3-10(19-8)12(16)14-5-4-11-15-9(7-21-11)13(17)18/h2-3,7H,4-6H2,1H3,(H,14,16)(H,17,18). The van der Waals surface area contributed by atoms with Crippen LogP contribution in [-0.2, 0) is 12.2 Å². The molecule has 112 valence electrons. The number of furan rings is 1. The van der Waals surface area contributed by atoms with Gasteiger partial charge in [0.1, 0.15) is 5.76 Å². The zero-order chi connectivity index (χ0) is 15.2. The summed E-state index contributed by atoms with van der Waals surface area (Å²) in [6.45, 7) is 0.379. The Labute approximate surface area is 129 Å². The van der Waals surface area contributed by atoms with E-state index in [1.165, 1.54) is 16.7 Å². The molecular formula is C13H14N2O4S2. The molecule has 0 unspecified atom stereocenters. The Kier molecular flexibility index (Phi) is 5.40. The van der Waals surface area contributed by atoms with Crippen molar-refractivity contribution in [2.75, 3.05) is 12.8 Å². The van der Waals surface area contributed by atoms with Crippen molar-refractivity contribution in [3.63, 3.8) is 0 Å². The lowest BCUT2D eigenvalue weighted by Gasteiger charge is -2.01. The molecule has 0 fully saturated rings. The topological polar surface area (TPSA) is 92.4 Å². The van der Waals surface area contributed by atoms with Crippen molar-refractivity contribution < 1.29 is 19.1 Å². The van der Waals surface area contributed by atoms with Crippen LogP contribution in [0.25, 0.3) is 0 Å². The van der Waals surface area contributed by atoms with Crippen molar-refractivity contribution in [3.05, 3.63) is 39.7 Å². The Hall–Kier alpha value is -1.80. The minimum Gasteiger partial charge on any atom is -0.476 e. The molecule has 0 aromatic carbocycles. The molecule has 6 nitrogen and oxygen atoms in total. The highest BCUT2D eigenvalue weighted by molar-refractivity contribution is 7.97. The van der Waals surface area contributed by atoms with E-state index < -0.39 is 5.97 Å². The fraction of sp³-hybridized carbons (Fsp3) is 0.308. The molecule has 0 aliphatic rings.